The van der Waals surface area contributed by atoms with Gasteiger partial charge in [0.1, 0.15) is 0 Å². The molecular weight excluding hydrogens is 264 g/mol. The molecule has 0 radical (unpaired) electrons. The van der Waals surface area contributed by atoms with Crippen LogP contribution in [-0.4, -0.2) is 22.2 Å². The Labute approximate surface area is 125 Å². The zero-order valence-electron chi connectivity index (χ0n) is 12.5. The van der Waals surface area contributed by atoms with Crippen molar-refractivity contribution in [2.24, 2.45) is 17.6 Å². The highest BCUT2D eigenvalue weighted by atomic mass is 16.1. The molecule has 1 unspecified atom stereocenters. The minimum absolute atomic E-state index is 0.0210. The average molecular weight is 286 g/mol. The number of hydrogen-bond donors (Lipinski definition) is 2. The number of nitrogens with zero attached hydrogens (tertiary/aromatic N) is 2. The van der Waals surface area contributed by atoms with Crippen LogP contribution in [0.5, 0.6) is 0 Å². The molecule has 0 fully saturated rings. The van der Waals surface area contributed by atoms with Gasteiger partial charge in [0.15, 0.2) is 0 Å². The number of carbonyl (C=O) groups is 1. The van der Waals surface area contributed by atoms with E-state index in [1.54, 1.807) is 6.20 Å². The topological polar surface area (TPSA) is 72.9 Å². The Hall–Kier alpha value is -2.14. The van der Waals surface area contributed by atoms with Gasteiger partial charge in [-0.25, -0.2) is 0 Å². The Balaban J connectivity index is 1.97. The fraction of sp³-hybridized carbons (Fsp3) is 0.375. The predicted octanol–water partition coefficient (Wildman–Crippen LogP) is 2.10. The first-order valence-electron chi connectivity index (χ1n) is 7.17. The molecule has 1 heterocycles. The smallest absolute Gasteiger partial charge is 0.229 e. The van der Waals surface area contributed by atoms with Crippen molar-refractivity contribution in [3.8, 4) is 0 Å². The third-order valence-electron chi connectivity index (χ3n) is 3.52. The number of carbonyl (C=O) groups excluding carboxylic acids is 1. The molecule has 21 heavy (non-hydrogen) atoms. The summed E-state index contributed by atoms with van der Waals surface area (Å²) in [6.07, 6.45) is 3.68. The molecule has 0 aliphatic heterocycles. The summed E-state index contributed by atoms with van der Waals surface area (Å²) in [5, 5.41) is 7.09. The van der Waals surface area contributed by atoms with Crippen LogP contribution in [0.4, 0.5) is 5.69 Å². The van der Waals surface area contributed by atoms with Gasteiger partial charge >= 0.3 is 0 Å². The van der Waals surface area contributed by atoms with Crippen molar-refractivity contribution < 1.29 is 4.79 Å². The van der Waals surface area contributed by atoms with E-state index in [4.69, 9.17) is 5.73 Å². The van der Waals surface area contributed by atoms with Crippen LogP contribution in [0, 0.1) is 11.8 Å². The number of aromatic nitrogens is 2. The van der Waals surface area contributed by atoms with Crippen molar-refractivity contribution in [2.45, 2.75) is 20.4 Å². The van der Waals surface area contributed by atoms with E-state index in [-0.39, 0.29) is 17.7 Å². The Morgan fingerprint density at radius 3 is 2.57 bits per heavy atom. The first kappa shape index (κ1) is 15.3. The third kappa shape index (κ3) is 4.16. The first-order valence-corrected chi connectivity index (χ1v) is 7.17. The molecule has 2 aromatic rings. The Kier molecular flexibility index (Phi) is 5.11. The number of amides is 1. The normalized spacial score (nSPS) is 12.4. The molecule has 0 saturated carbocycles. The third-order valence-corrected chi connectivity index (χ3v) is 3.52. The Morgan fingerprint density at radius 2 is 2.05 bits per heavy atom. The van der Waals surface area contributed by atoms with Crippen molar-refractivity contribution in [3.05, 3.63) is 48.3 Å². The van der Waals surface area contributed by atoms with Crippen molar-refractivity contribution in [1.29, 1.82) is 0 Å². The summed E-state index contributed by atoms with van der Waals surface area (Å²) in [4.78, 5) is 12.1. The lowest BCUT2D eigenvalue weighted by Gasteiger charge is -2.18. The molecule has 0 saturated heterocycles. The van der Waals surface area contributed by atoms with E-state index in [1.165, 1.54) is 0 Å². The highest BCUT2D eigenvalue weighted by molar-refractivity contribution is 5.92. The SMILES string of the molecule is CC(C)C(CN)C(=O)Nc1ccc(Cn2cccn2)cc1. The molecule has 0 spiro atoms. The molecule has 0 aliphatic carbocycles. The molecule has 0 aliphatic rings. The van der Waals surface area contributed by atoms with E-state index in [9.17, 15) is 4.79 Å². The second-order valence-electron chi connectivity index (χ2n) is 5.48. The summed E-state index contributed by atoms with van der Waals surface area (Å²) >= 11 is 0. The van der Waals surface area contributed by atoms with Gasteiger partial charge in [0, 0.05) is 24.6 Å². The van der Waals surface area contributed by atoms with Crippen LogP contribution >= 0.6 is 0 Å². The summed E-state index contributed by atoms with van der Waals surface area (Å²) < 4.78 is 1.86. The number of nitrogens with two attached hydrogens (primary N) is 1. The average Bonchev–Trinajstić information content (AvgIpc) is 2.94. The minimum Gasteiger partial charge on any atom is -0.330 e. The summed E-state index contributed by atoms with van der Waals surface area (Å²) in [5.74, 6) is 0.0511. The predicted molar refractivity (Wildman–Crippen MR) is 83.8 cm³/mol. The fourth-order valence-electron chi connectivity index (χ4n) is 2.19. The maximum atomic E-state index is 12.1. The van der Waals surface area contributed by atoms with E-state index in [1.807, 2.05) is 55.1 Å². The molecule has 1 aromatic carbocycles. The second-order valence-corrected chi connectivity index (χ2v) is 5.48. The molecule has 1 amide bonds. The van der Waals surface area contributed by atoms with Crippen molar-refractivity contribution >= 4 is 11.6 Å². The van der Waals surface area contributed by atoms with Crippen molar-refractivity contribution in [2.75, 3.05) is 11.9 Å². The molecule has 5 nitrogen and oxygen atoms in total. The lowest BCUT2D eigenvalue weighted by molar-refractivity contribution is -0.120. The maximum Gasteiger partial charge on any atom is 0.229 e. The van der Waals surface area contributed by atoms with Crippen LogP contribution in [-0.2, 0) is 11.3 Å². The van der Waals surface area contributed by atoms with Gasteiger partial charge < -0.3 is 11.1 Å². The lowest BCUT2D eigenvalue weighted by Crippen LogP contribution is -2.33. The van der Waals surface area contributed by atoms with E-state index in [0.29, 0.717) is 6.54 Å². The van der Waals surface area contributed by atoms with Gasteiger partial charge in [-0.1, -0.05) is 26.0 Å². The molecule has 1 atom stereocenters. The highest BCUT2D eigenvalue weighted by Gasteiger charge is 2.20. The zero-order chi connectivity index (χ0) is 15.2. The van der Waals surface area contributed by atoms with E-state index in [2.05, 4.69) is 10.4 Å². The highest BCUT2D eigenvalue weighted by Crippen LogP contribution is 2.15. The van der Waals surface area contributed by atoms with Crippen LogP contribution in [0.25, 0.3) is 0 Å². The van der Waals surface area contributed by atoms with Crippen molar-refractivity contribution in [3.63, 3.8) is 0 Å². The Morgan fingerprint density at radius 1 is 1.33 bits per heavy atom. The standard InChI is InChI=1S/C16H22N4O/c1-12(2)15(10-17)16(21)19-14-6-4-13(5-7-14)11-20-9-3-8-18-20/h3-9,12,15H,10-11,17H2,1-2H3,(H,19,21). The Bertz CT molecular complexity index is 560. The summed E-state index contributed by atoms with van der Waals surface area (Å²) in [6, 6.07) is 9.69. The summed E-state index contributed by atoms with van der Waals surface area (Å²) in [7, 11) is 0. The van der Waals surface area contributed by atoms with Crippen LogP contribution in [0.1, 0.15) is 19.4 Å². The van der Waals surface area contributed by atoms with Gasteiger partial charge in [0.05, 0.1) is 12.5 Å². The molecule has 1 aromatic heterocycles. The molecule has 3 N–H and O–H groups in total. The monoisotopic (exact) mass is 286 g/mol. The molecular formula is C16H22N4O. The van der Waals surface area contributed by atoms with E-state index >= 15 is 0 Å². The number of hydrogen-bond acceptors (Lipinski definition) is 3. The van der Waals surface area contributed by atoms with Gasteiger partial charge in [0.25, 0.3) is 0 Å². The zero-order valence-corrected chi connectivity index (χ0v) is 12.5. The molecule has 112 valence electrons. The second kappa shape index (κ2) is 7.04. The first-order chi connectivity index (χ1) is 10.1. The largest absolute Gasteiger partial charge is 0.330 e. The van der Waals surface area contributed by atoms with E-state index < -0.39 is 0 Å². The van der Waals surface area contributed by atoms with Crippen LogP contribution in [0.15, 0.2) is 42.7 Å². The number of benzene rings is 1. The maximum absolute atomic E-state index is 12.1. The fourth-order valence-corrected chi connectivity index (χ4v) is 2.19. The van der Waals surface area contributed by atoms with Gasteiger partial charge in [-0.2, -0.15) is 5.10 Å². The van der Waals surface area contributed by atoms with Crippen molar-refractivity contribution in [1.82, 2.24) is 9.78 Å². The quantitative estimate of drug-likeness (QED) is 0.854. The van der Waals surface area contributed by atoms with Crippen LogP contribution in [0.3, 0.4) is 0 Å². The van der Waals surface area contributed by atoms with Gasteiger partial charge in [-0.3, -0.25) is 9.48 Å². The lowest BCUT2D eigenvalue weighted by atomic mass is 9.95. The molecule has 0 bridgehead atoms. The molecule has 2 rings (SSSR count). The van der Waals surface area contributed by atoms with Gasteiger partial charge in [-0.05, 0) is 29.7 Å². The molecule has 5 heteroatoms. The summed E-state index contributed by atoms with van der Waals surface area (Å²) in [5.41, 5.74) is 7.59. The van der Waals surface area contributed by atoms with Crippen LogP contribution in [0.2, 0.25) is 0 Å². The minimum atomic E-state index is -0.159. The number of anilines is 1. The summed E-state index contributed by atoms with van der Waals surface area (Å²) in [6.45, 7) is 5.09. The number of rotatable bonds is 6. The van der Waals surface area contributed by atoms with E-state index in [0.717, 1.165) is 17.8 Å². The van der Waals surface area contributed by atoms with Gasteiger partial charge in [0.2, 0.25) is 5.91 Å². The van der Waals surface area contributed by atoms with Gasteiger partial charge in [-0.15, -0.1) is 0 Å². The van der Waals surface area contributed by atoms with Crippen LogP contribution < -0.4 is 11.1 Å². The number of nitrogens with one attached hydrogen (secondary N) is 1.